The maximum atomic E-state index is 10.4. The number of phenolic OH excluding ortho intramolecular Hbond substituents is 1. The van der Waals surface area contributed by atoms with E-state index in [0.717, 1.165) is 33.2 Å². The average Bonchev–Trinajstić information content (AvgIpc) is 3.34. The highest BCUT2D eigenvalue weighted by molar-refractivity contribution is 6.23. The van der Waals surface area contributed by atoms with Crippen LogP contribution in [0.4, 0.5) is 11.5 Å². The normalized spacial score (nSPS) is 12.1. The number of hydrogen-bond donors (Lipinski definition) is 4. The lowest BCUT2D eigenvalue weighted by molar-refractivity contribution is 0.477. The van der Waals surface area contributed by atoms with Gasteiger partial charge in [-0.15, -0.1) is 0 Å². The molecule has 6 aromatic rings. The number of para-hydroxylation sites is 2. The average molecular weight is 567 g/mol. The Bertz CT molecular complexity index is 2000. The zero-order chi connectivity index (χ0) is 30.5. The molecule has 2 heterocycles. The van der Waals surface area contributed by atoms with Crippen molar-refractivity contribution in [2.24, 2.45) is 0 Å². The molecule has 43 heavy (non-hydrogen) atoms. The molecule has 0 saturated heterocycles. The van der Waals surface area contributed by atoms with Crippen molar-refractivity contribution < 1.29 is 5.11 Å². The van der Waals surface area contributed by atoms with E-state index in [2.05, 4.69) is 82.2 Å². The Morgan fingerprint density at radius 3 is 2.16 bits per heavy atom. The molecule has 0 aliphatic carbocycles. The van der Waals surface area contributed by atoms with Gasteiger partial charge in [0.15, 0.2) is 0 Å². The number of phenols is 1. The maximum absolute atomic E-state index is 10.4. The lowest BCUT2D eigenvalue weighted by Gasteiger charge is -2.22. The number of pyridine rings is 1. The minimum Gasteiger partial charge on any atom is -0.507 e. The lowest BCUT2D eigenvalue weighted by Crippen LogP contribution is -2.14. The van der Waals surface area contributed by atoms with Gasteiger partial charge in [0.1, 0.15) is 11.6 Å². The molecule has 0 aliphatic rings. The quantitative estimate of drug-likeness (QED) is 0.157. The molecule has 0 unspecified atom stereocenters. The van der Waals surface area contributed by atoms with E-state index in [-0.39, 0.29) is 16.6 Å². The zero-order valence-electron chi connectivity index (χ0n) is 25.6. The molecule has 0 bridgehead atoms. The third-order valence-electron chi connectivity index (χ3n) is 8.10. The summed E-state index contributed by atoms with van der Waals surface area (Å²) in [5, 5.41) is 25.7. The highest BCUT2D eigenvalue weighted by Gasteiger charge is 2.23. The summed E-state index contributed by atoms with van der Waals surface area (Å²) in [6.07, 6.45) is 0. The monoisotopic (exact) mass is 566 g/mol. The SMILES string of the molecule is CC(C)(C)c1ccc2[nH]c3c(C(=N)c4ccccc4Nc4cccc(-c5ccccc5O)n4)cc(C(C)(C)C)cc3c2c1. The second kappa shape index (κ2) is 10.4. The molecule has 0 atom stereocenters. The fourth-order valence-corrected chi connectivity index (χ4v) is 5.53. The number of nitrogens with zero attached hydrogens (tertiary/aromatic N) is 1. The molecule has 0 amide bonds. The van der Waals surface area contributed by atoms with Gasteiger partial charge in [-0.1, -0.05) is 84.0 Å². The Morgan fingerprint density at radius 1 is 0.721 bits per heavy atom. The molecular weight excluding hydrogens is 528 g/mol. The fourth-order valence-electron chi connectivity index (χ4n) is 5.53. The van der Waals surface area contributed by atoms with Crippen LogP contribution in [0.5, 0.6) is 5.75 Å². The Labute approximate surface area is 253 Å². The highest BCUT2D eigenvalue weighted by atomic mass is 16.3. The number of benzene rings is 4. The lowest BCUT2D eigenvalue weighted by atomic mass is 9.83. The van der Waals surface area contributed by atoms with Gasteiger partial charge in [-0.25, -0.2) is 4.98 Å². The van der Waals surface area contributed by atoms with Crippen LogP contribution < -0.4 is 5.32 Å². The number of H-pyrrole nitrogens is 1. The van der Waals surface area contributed by atoms with E-state index in [1.54, 1.807) is 12.1 Å². The van der Waals surface area contributed by atoms with Crippen molar-refractivity contribution in [3.8, 4) is 17.0 Å². The zero-order valence-corrected chi connectivity index (χ0v) is 25.6. The first-order chi connectivity index (χ1) is 20.4. The predicted octanol–water partition coefficient (Wildman–Crippen LogP) is 9.84. The summed E-state index contributed by atoms with van der Waals surface area (Å²) >= 11 is 0. The highest BCUT2D eigenvalue weighted by Crippen LogP contribution is 2.37. The second-order valence-corrected chi connectivity index (χ2v) is 13.3. The predicted molar refractivity (Wildman–Crippen MR) is 180 cm³/mol. The number of aromatic hydroxyl groups is 1. The Kier molecular flexibility index (Phi) is 6.84. The van der Waals surface area contributed by atoms with E-state index in [0.29, 0.717) is 22.8 Å². The van der Waals surface area contributed by atoms with Crippen molar-refractivity contribution in [2.45, 2.75) is 52.4 Å². The molecular formula is C38H38N4O. The first-order valence-electron chi connectivity index (χ1n) is 14.7. The number of aromatic nitrogens is 2. The summed E-state index contributed by atoms with van der Waals surface area (Å²) in [4.78, 5) is 8.44. The largest absolute Gasteiger partial charge is 0.507 e. The van der Waals surface area contributed by atoms with E-state index in [4.69, 9.17) is 4.98 Å². The molecule has 2 aromatic heterocycles. The molecule has 0 spiro atoms. The fraction of sp³-hybridized carbons (Fsp3) is 0.211. The molecule has 4 aromatic carbocycles. The molecule has 5 heteroatoms. The van der Waals surface area contributed by atoms with E-state index < -0.39 is 0 Å². The van der Waals surface area contributed by atoms with Gasteiger partial charge < -0.3 is 15.4 Å². The maximum Gasteiger partial charge on any atom is 0.131 e. The van der Waals surface area contributed by atoms with Crippen LogP contribution in [-0.2, 0) is 10.8 Å². The van der Waals surface area contributed by atoms with Crippen LogP contribution in [0.25, 0.3) is 33.1 Å². The first-order valence-corrected chi connectivity index (χ1v) is 14.7. The molecule has 6 rings (SSSR count). The number of fused-ring (bicyclic) bond motifs is 3. The molecule has 216 valence electrons. The molecule has 0 radical (unpaired) electrons. The van der Waals surface area contributed by atoms with Crippen molar-refractivity contribution in [3.05, 3.63) is 119 Å². The topological polar surface area (TPSA) is 84.8 Å². The van der Waals surface area contributed by atoms with Gasteiger partial charge in [0.05, 0.1) is 16.9 Å². The smallest absolute Gasteiger partial charge is 0.131 e. The van der Waals surface area contributed by atoms with Gasteiger partial charge in [-0.3, -0.25) is 5.41 Å². The van der Waals surface area contributed by atoms with Crippen molar-refractivity contribution >= 4 is 39.0 Å². The van der Waals surface area contributed by atoms with Gasteiger partial charge in [-0.2, -0.15) is 0 Å². The summed E-state index contributed by atoms with van der Waals surface area (Å²) < 4.78 is 0. The van der Waals surface area contributed by atoms with Crippen molar-refractivity contribution in [1.82, 2.24) is 9.97 Å². The first kappa shape index (κ1) is 28.2. The number of aromatic amines is 1. The Morgan fingerprint density at radius 2 is 1.42 bits per heavy atom. The second-order valence-electron chi connectivity index (χ2n) is 13.3. The molecule has 5 nitrogen and oxygen atoms in total. The van der Waals surface area contributed by atoms with Gasteiger partial charge in [-0.05, 0) is 76.6 Å². The van der Waals surface area contributed by atoms with Crippen LogP contribution in [0.15, 0.2) is 97.1 Å². The van der Waals surface area contributed by atoms with Crippen molar-refractivity contribution in [2.75, 3.05) is 5.32 Å². The number of rotatable bonds is 5. The van der Waals surface area contributed by atoms with Crippen LogP contribution in [0.1, 0.15) is 63.8 Å². The van der Waals surface area contributed by atoms with E-state index in [9.17, 15) is 10.5 Å². The minimum atomic E-state index is -0.0976. The van der Waals surface area contributed by atoms with Gasteiger partial charge in [0.2, 0.25) is 0 Å². The third kappa shape index (κ3) is 5.39. The Hall–Kier alpha value is -4.90. The summed E-state index contributed by atoms with van der Waals surface area (Å²) in [5.41, 5.74) is 8.63. The summed E-state index contributed by atoms with van der Waals surface area (Å²) in [7, 11) is 0. The summed E-state index contributed by atoms with van der Waals surface area (Å²) in [6.45, 7) is 13.4. The van der Waals surface area contributed by atoms with Gasteiger partial charge in [0, 0.05) is 38.7 Å². The minimum absolute atomic E-state index is 0.0319. The number of nitrogens with one attached hydrogen (secondary N) is 3. The van der Waals surface area contributed by atoms with Crippen LogP contribution >= 0.6 is 0 Å². The van der Waals surface area contributed by atoms with Crippen LogP contribution in [-0.4, -0.2) is 20.8 Å². The molecule has 0 saturated carbocycles. The number of anilines is 2. The van der Waals surface area contributed by atoms with E-state index >= 15 is 0 Å². The van der Waals surface area contributed by atoms with Crippen LogP contribution in [0.3, 0.4) is 0 Å². The van der Waals surface area contributed by atoms with E-state index in [1.807, 2.05) is 54.6 Å². The number of hydrogen-bond acceptors (Lipinski definition) is 4. The van der Waals surface area contributed by atoms with Crippen molar-refractivity contribution in [1.29, 1.82) is 5.41 Å². The van der Waals surface area contributed by atoms with Crippen LogP contribution in [0.2, 0.25) is 0 Å². The third-order valence-corrected chi connectivity index (χ3v) is 8.10. The molecule has 4 N–H and O–H groups in total. The molecule has 0 fully saturated rings. The van der Waals surface area contributed by atoms with E-state index in [1.165, 1.54) is 16.5 Å². The standard InChI is InChI=1S/C38H38N4O/c1-37(2,3)23-18-19-32-27(20-23)28-21-24(38(4,5)6)22-29(36(28)42-32)35(39)26-13-7-9-14-31(26)41-34-17-11-15-30(40-34)25-12-8-10-16-33(25)43/h7-22,39,42-43H,1-6H3,(H,40,41). The summed E-state index contributed by atoms with van der Waals surface area (Å²) in [5.74, 6) is 0.819. The Balaban J connectivity index is 1.47. The van der Waals surface area contributed by atoms with Gasteiger partial charge >= 0.3 is 0 Å². The van der Waals surface area contributed by atoms with Crippen LogP contribution in [0, 0.1) is 5.41 Å². The molecule has 0 aliphatic heterocycles. The van der Waals surface area contributed by atoms with Gasteiger partial charge in [0.25, 0.3) is 0 Å². The van der Waals surface area contributed by atoms with Crippen molar-refractivity contribution in [3.63, 3.8) is 0 Å². The summed E-state index contributed by atoms with van der Waals surface area (Å²) in [6, 6.07) is 31.9.